The first-order valence-corrected chi connectivity index (χ1v) is 8.57. The molecule has 6 heteroatoms. The highest BCUT2D eigenvalue weighted by Crippen LogP contribution is 2.13. The summed E-state index contributed by atoms with van der Waals surface area (Å²) in [6.07, 6.45) is 0.464. The molecule has 0 unspecified atom stereocenters. The second kappa shape index (κ2) is 10.1. The van der Waals surface area contributed by atoms with Gasteiger partial charge >= 0.3 is 12.2 Å². The molecule has 0 aliphatic rings. The lowest BCUT2D eigenvalue weighted by atomic mass is 10.2. The average molecular weight is 356 g/mol. The number of benzene rings is 2. The smallest absolute Gasteiger partial charge is 0.410 e. The summed E-state index contributed by atoms with van der Waals surface area (Å²) >= 11 is 0. The maximum Gasteiger partial charge on any atom is 0.412 e. The number of unbranched alkanes of at least 4 members (excludes halogenated alkanes) is 1. The number of amides is 2. The summed E-state index contributed by atoms with van der Waals surface area (Å²) in [5.41, 5.74) is 2.05. The molecule has 0 saturated carbocycles. The zero-order valence-corrected chi connectivity index (χ0v) is 15.1. The van der Waals surface area contributed by atoms with E-state index in [4.69, 9.17) is 9.47 Å². The van der Waals surface area contributed by atoms with E-state index in [0.29, 0.717) is 37.4 Å². The van der Waals surface area contributed by atoms with E-state index < -0.39 is 12.2 Å². The first-order chi connectivity index (χ1) is 12.5. The van der Waals surface area contributed by atoms with Crippen LogP contribution < -0.4 is 20.1 Å². The van der Waals surface area contributed by atoms with Gasteiger partial charge in [-0.1, -0.05) is 24.3 Å². The molecule has 0 atom stereocenters. The molecule has 0 heterocycles. The van der Waals surface area contributed by atoms with Crippen LogP contribution >= 0.6 is 0 Å². The first-order valence-electron chi connectivity index (χ1n) is 8.57. The van der Waals surface area contributed by atoms with Crippen molar-refractivity contribution in [1.29, 1.82) is 0 Å². The van der Waals surface area contributed by atoms with Gasteiger partial charge in [-0.3, -0.25) is 0 Å². The zero-order valence-electron chi connectivity index (χ0n) is 15.1. The molecule has 0 aromatic heterocycles. The third-order valence-corrected chi connectivity index (χ3v) is 3.54. The lowest BCUT2D eigenvalue weighted by Crippen LogP contribution is -2.30. The van der Waals surface area contributed by atoms with E-state index in [9.17, 15) is 9.59 Å². The Bertz CT molecular complexity index is 683. The lowest BCUT2D eigenvalue weighted by molar-refractivity contribution is 0.197. The Morgan fingerprint density at radius 2 is 1.19 bits per heavy atom. The predicted molar refractivity (Wildman–Crippen MR) is 99.6 cm³/mol. The number of hydrogen-bond acceptors (Lipinski definition) is 4. The molecule has 2 aromatic rings. The van der Waals surface area contributed by atoms with Gasteiger partial charge in [-0.25, -0.2) is 9.59 Å². The van der Waals surface area contributed by atoms with Crippen molar-refractivity contribution in [2.45, 2.75) is 26.7 Å². The van der Waals surface area contributed by atoms with Crippen molar-refractivity contribution in [3.63, 3.8) is 0 Å². The molecular formula is C20H24N2O4. The standard InChI is InChI=1S/C20H24N2O4/c1-15-7-5-9-17(13-15)25-19(23)21-11-3-4-12-22-20(24)26-18-10-6-8-16(2)14-18/h5-10,13-14H,3-4,11-12H2,1-2H3,(H,21,23)(H,22,24). The van der Waals surface area contributed by atoms with Crippen LogP contribution in [0.1, 0.15) is 24.0 Å². The summed E-state index contributed by atoms with van der Waals surface area (Å²) in [4.78, 5) is 23.3. The highest BCUT2D eigenvalue weighted by molar-refractivity contribution is 5.70. The van der Waals surface area contributed by atoms with Gasteiger partial charge in [0.15, 0.2) is 0 Å². The Hall–Kier alpha value is -3.02. The van der Waals surface area contributed by atoms with E-state index in [1.165, 1.54) is 0 Å². The Labute approximate surface area is 153 Å². The van der Waals surface area contributed by atoms with Gasteiger partial charge in [-0.15, -0.1) is 0 Å². The number of ether oxygens (including phenoxy) is 2. The Morgan fingerprint density at radius 3 is 1.58 bits per heavy atom. The van der Waals surface area contributed by atoms with Crippen molar-refractivity contribution in [2.75, 3.05) is 13.1 Å². The summed E-state index contributed by atoms with van der Waals surface area (Å²) in [5.74, 6) is 1.03. The third kappa shape index (κ3) is 7.25. The lowest BCUT2D eigenvalue weighted by Gasteiger charge is -2.08. The maximum atomic E-state index is 11.7. The predicted octanol–water partition coefficient (Wildman–Crippen LogP) is 3.96. The zero-order chi connectivity index (χ0) is 18.8. The van der Waals surface area contributed by atoms with Crippen LogP contribution in [0.2, 0.25) is 0 Å². The van der Waals surface area contributed by atoms with Crippen LogP contribution in [-0.4, -0.2) is 25.3 Å². The first kappa shape index (κ1) is 19.3. The molecule has 2 amide bonds. The summed E-state index contributed by atoms with van der Waals surface area (Å²) in [5, 5.41) is 5.36. The number of carbonyl (C=O) groups is 2. The summed E-state index contributed by atoms with van der Waals surface area (Å²) in [6.45, 7) is 4.81. The normalized spacial score (nSPS) is 10.1. The minimum Gasteiger partial charge on any atom is -0.410 e. The van der Waals surface area contributed by atoms with Gasteiger partial charge in [0.05, 0.1) is 0 Å². The van der Waals surface area contributed by atoms with E-state index in [-0.39, 0.29) is 0 Å². The van der Waals surface area contributed by atoms with Crippen molar-refractivity contribution in [3.8, 4) is 11.5 Å². The molecule has 0 saturated heterocycles. The largest absolute Gasteiger partial charge is 0.412 e. The fourth-order valence-electron chi connectivity index (χ4n) is 2.27. The van der Waals surface area contributed by atoms with Crippen LogP contribution in [0.4, 0.5) is 9.59 Å². The fraction of sp³-hybridized carbons (Fsp3) is 0.300. The molecule has 2 rings (SSSR count). The van der Waals surface area contributed by atoms with Gasteiger partial charge in [0.2, 0.25) is 0 Å². The van der Waals surface area contributed by atoms with Crippen LogP contribution in [-0.2, 0) is 0 Å². The molecule has 0 aliphatic carbocycles. The number of nitrogens with one attached hydrogen (secondary N) is 2. The maximum absolute atomic E-state index is 11.7. The third-order valence-electron chi connectivity index (χ3n) is 3.54. The molecule has 26 heavy (non-hydrogen) atoms. The molecule has 0 spiro atoms. The van der Waals surface area contributed by atoms with E-state index in [1.807, 2.05) is 38.1 Å². The van der Waals surface area contributed by atoms with Gasteiger partial charge in [0.1, 0.15) is 11.5 Å². The van der Waals surface area contributed by atoms with Gasteiger partial charge in [0.25, 0.3) is 0 Å². The fourth-order valence-corrected chi connectivity index (χ4v) is 2.27. The molecule has 0 bridgehead atoms. The molecular weight excluding hydrogens is 332 g/mol. The van der Waals surface area contributed by atoms with Crippen LogP contribution in [0.3, 0.4) is 0 Å². The quantitative estimate of drug-likeness (QED) is 0.736. The molecule has 138 valence electrons. The SMILES string of the molecule is Cc1cccc(OC(=O)NCCCCNC(=O)Oc2cccc(C)c2)c1. The van der Waals surface area contributed by atoms with E-state index >= 15 is 0 Å². The van der Waals surface area contributed by atoms with Crippen LogP contribution in [0, 0.1) is 13.8 Å². The molecule has 0 fully saturated rings. The summed E-state index contributed by atoms with van der Waals surface area (Å²) in [7, 11) is 0. The second-order valence-corrected chi connectivity index (χ2v) is 5.97. The van der Waals surface area contributed by atoms with Gasteiger partial charge in [0, 0.05) is 13.1 Å². The monoisotopic (exact) mass is 356 g/mol. The second-order valence-electron chi connectivity index (χ2n) is 5.97. The minimum absolute atomic E-state index is 0.471. The average Bonchev–Trinajstić information content (AvgIpc) is 2.58. The number of carbonyl (C=O) groups excluding carboxylic acids is 2. The minimum atomic E-state index is -0.484. The van der Waals surface area contributed by atoms with Crippen LogP contribution in [0.15, 0.2) is 48.5 Å². The molecule has 2 aromatic carbocycles. The molecule has 0 aliphatic heterocycles. The Morgan fingerprint density at radius 1 is 0.769 bits per heavy atom. The van der Waals surface area contributed by atoms with E-state index in [2.05, 4.69) is 10.6 Å². The molecule has 0 radical (unpaired) electrons. The van der Waals surface area contributed by atoms with Crippen molar-refractivity contribution >= 4 is 12.2 Å². The highest BCUT2D eigenvalue weighted by Gasteiger charge is 2.05. The van der Waals surface area contributed by atoms with Crippen molar-refractivity contribution < 1.29 is 19.1 Å². The van der Waals surface area contributed by atoms with E-state index in [1.54, 1.807) is 24.3 Å². The van der Waals surface area contributed by atoms with Crippen molar-refractivity contribution in [3.05, 3.63) is 59.7 Å². The van der Waals surface area contributed by atoms with Crippen molar-refractivity contribution in [2.24, 2.45) is 0 Å². The molecule has 6 nitrogen and oxygen atoms in total. The van der Waals surface area contributed by atoms with Crippen molar-refractivity contribution in [1.82, 2.24) is 10.6 Å². The number of aryl methyl sites for hydroxylation is 2. The van der Waals surface area contributed by atoms with Crippen LogP contribution in [0.25, 0.3) is 0 Å². The van der Waals surface area contributed by atoms with Gasteiger partial charge in [-0.2, -0.15) is 0 Å². The van der Waals surface area contributed by atoms with Gasteiger partial charge in [-0.05, 0) is 62.1 Å². The Balaban J connectivity index is 1.55. The number of hydrogen-bond donors (Lipinski definition) is 2. The summed E-state index contributed by atoms with van der Waals surface area (Å²) < 4.78 is 10.4. The topological polar surface area (TPSA) is 76.7 Å². The highest BCUT2D eigenvalue weighted by atomic mass is 16.6. The Kier molecular flexibility index (Phi) is 7.49. The summed E-state index contributed by atoms with van der Waals surface area (Å²) in [6, 6.07) is 14.6. The molecule has 2 N–H and O–H groups in total. The van der Waals surface area contributed by atoms with Crippen LogP contribution in [0.5, 0.6) is 11.5 Å². The van der Waals surface area contributed by atoms with E-state index in [0.717, 1.165) is 11.1 Å². The number of rotatable bonds is 7. The van der Waals surface area contributed by atoms with Gasteiger partial charge < -0.3 is 20.1 Å².